The monoisotopic (exact) mass is 168 g/mol. The number of quaternary nitrogens is 2. The van der Waals surface area contributed by atoms with Crippen LogP contribution in [0, 0.1) is 11.8 Å². The molecule has 0 amide bonds. The Kier molecular flexibility index (Phi) is 1.15. The van der Waals surface area contributed by atoms with Crippen molar-refractivity contribution in [3.63, 3.8) is 0 Å². The van der Waals surface area contributed by atoms with Crippen LogP contribution in [0.4, 0.5) is 0 Å². The van der Waals surface area contributed by atoms with Gasteiger partial charge in [0.05, 0.1) is 6.42 Å². The van der Waals surface area contributed by atoms with Gasteiger partial charge in [0.15, 0.2) is 0 Å². The van der Waals surface area contributed by atoms with Gasteiger partial charge in [0.1, 0.15) is 11.1 Å². The summed E-state index contributed by atoms with van der Waals surface area (Å²) in [6.07, 6.45) is 8.42. The molecule has 0 heterocycles. The Bertz CT molecular complexity index is 190. The summed E-state index contributed by atoms with van der Waals surface area (Å²) in [5.41, 5.74) is 9.77. The van der Waals surface area contributed by atoms with E-state index >= 15 is 0 Å². The van der Waals surface area contributed by atoms with Crippen molar-refractivity contribution in [2.24, 2.45) is 11.8 Å². The smallest absolute Gasteiger partial charge is 0.101 e. The fraction of sp³-hybridized carbons (Fsp3) is 1.00. The van der Waals surface area contributed by atoms with Gasteiger partial charge >= 0.3 is 0 Å². The summed E-state index contributed by atoms with van der Waals surface area (Å²) in [5.74, 6) is 1.97. The summed E-state index contributed by atoms with van der Waals surface area (Å²) in [6, 6.07) is 0. The van der Waals surface area contributed by atoms with Crippen molar-refractivity contribution >= 4 is 0 Å². The zero-order valence-electron chi connectivity index (χ0n) is 7.81. The minimum absolute atomic E-state index is 0.450. The molecule has 12 heavy (non-hydrogen) atoms. The van der Waals surface area contributed by atoms with E-state index in [4.69, 9.17) is 0 Å². The fourth-order valence-electron chi connectivity index (χ4n) is 4.65. The number of hydrogen-bond donors (Lipinski definition) is 2. The molecule has 0 aromatic heterocycles. The van der Waals surface area contributed by atoms with E-state index in [-0.39, 0.29) is 0 Å². The molecular weight excluding hydrogens is 148 g/mol. The van der Waals surface area contributed by atoms with Crippen LogP contribution in [0.1, 0.15) is 38.5 Å². The van der Waals surface area contributed by atoms with Gasteiger partial charge in [0.25, 0.3) is 0 Å². The summed E-state index contributed by atoms with van der Waals surface area (Å²) in [5, 5.41) is 0. The zero-order valence-corrected chi connectivity index (χ0v) is 7.81. The van der Waals surface area contributed by atoms with E-state index in [0.717, 1.165) is 11.8 Å². The van der Waals surface area contributed by atoms with Crippen molar-refractivity contribution < 1.29 is 11.5 Å². The highest BCUT2D eigenvalue weighted by molar-refractivity contribution is 5.07. The van der Waals surface area contributed by atoms with Gasteiger partial charge in [0, 0.05) is 25.7 Å². The Balaban J connectivity index is 1.98. The standard InChI is InChI=1S/C10H18N2/c11-9-2-7-1-8(4-9)5-10(12,3-7)6-9/h7-8H,1-6,11-12H2/p+2. The molecule has 0 saturated heterocycles. The van der Waals surface area contributed by atoms with Gasteiger partial charge in [-0.2, -0.15) is 0 Å². The van der Waals surface area contributed by atoms with Gasteiger partial charge in [-0.05, 0) is 18.3 Å². The van der Waals surface area contributed by atoms with Gasteiger partial charge in [-0.1, -0.05) is 0 Å². The predicted molar refractivity (Wildman–Crippen MR) is 45.9 cm³/mol. The molecule has 2 nitrogen and oxygen atoms in total. The molecular formula is C10H20N2+2. The molecule has 68 valence electrons. The Morgan fingerprint density at radius 1 is 0.833 bits per heavy atom. The predicted octanol–water partition coefficient (Wildman–Crippen LogP) is -0.438. The van der Waals surface area contributed by atoms with Crippen molar-refractivity contribution in [1.82, 2.24) is 0 Å². The first-order chi connectivity index (χ1) is 5.57. The van der Waals surface area contributed by atoms with Crippen LogP contribution < -0.4 is 11.5 Å². The summed E-state index contributed by atoms with van der Waals surface area (Å²) in [4.78, 5) is 0. The van der Waals surface area contributed by atoms with Gasteiger partial charge in [0.2, 0.25) is 0 Å². The van der Waals surface area contributed by atoms with Gasteiger partial charge < -0.3 is 11.5 Å². The highest BCUT2D eigenvalue weighted by Crippen LogP contribution is 2.53. The van der Waals surface area contributed by atoms with Crippen LogP contribution >= 0.6 is 0 Å². The van der Waals surface area contributed by atoms with Crippen LogP contribution in [0.2, 0.25) is 0 Å². The Morgan fingerprint density at radius 3 is 1.58 bits per heavy atom. The zero-order chi connectivity index (χ0) is 8.40. The SMILES string of the molecule is [NH3+]C12CC3CC(C1)CC([NH3+])(C3)C2. The van der Waals surface area contributed by atoms with Gasteiger partial charge in [-0.3, -0.25) is 0 Å². The molecule has 4 bridgehead atoms. The molecule has 4 aliphatic carbocycles. The minimum Gasteiger partial charge on any atom is -0.352 e. The quantitative estimate of drug-likeness (QED) is 0.493. The maximum Gasteiger partial charge on any atom is 0.101 e. The second kappa shape index (κ2) is 1.88. The molecule has 0 aromatic carbocycles. The third-order valence-electron chi connectivity index (χ3n) is 4.30. The normalized spacial score (nSPS) is 62.5. The topological polar surface area (TPSA) is 55.3 Å². The lowest BCUT2D eigenvalue weighted by Gasteiger charge is -2.55. The van der Waals surface area contributed by atoms with Gasteiger partial charge in [-0.15, -0.1) is 0 Å². The first-order valence-electron chi connectivity index (χ1n) is 5.28. The lowest BCUT2D eigenvalue weighted by molar-refractivity contribution is -0.569. The summed E-state index contributed by atoms with van der Waals surface area (Å²) in [7, 11) is 0. The van der Waals surface area contributed by atoms with E-state index < -0.39 is 0 Å². The molecule has 4 rings (SSSR count). The first kappa shape index (κ1) is 7.34. The van der Waals surface area contributed by atoms with Crippen molar-refractivity contribution in [3.05, 3.63) is 0 Å². The van der Waals surface area contributed by atoms with E-state index in [1.165, 1.54) is 38.5 Å². The molecule has 0 aromatic rings. The molecule has 4 saturated carbocycles. The van der Waals surface area contributed by atoms with E-state index in [9.17, 15) is 0 Å². The minimum atomic E-state index is 0.450. The summed E-state index contributed by atoms with van der Waals surface area (Å²) >= 11 is 0. The Morgan fingerprint density at radius 2 is 1.25 bits per heavy atom. The second-order valence-corrected chi connectivity index (χ2v) is 5.96. The highest BCUT2D eigenvalue weighted by atomic mass is 14.9. The van der Waals surface area contributed by atoms with E-state index in [2.05, 4.69) is 11.5 Å². The van der Waals surface area contributed by atoms with Crippen molar-refractivity contribution in [2.75, 3.05) is 0 Å². The molecule has 2 heteroatoms. The second-order valence-electron chi connectivity index (χ2n) is 5.96. The molecule has 0 atom stereocenters. The maximum atomic E-state index is 4.44. The van der Waals surface area contributed by atoms with E-state index in [0.29, 0.717) is 11.1 Å². The molecule has 0 aliphatic heterocycles. The van der Waals surface area contributed by atoms with Crippen LogP contribution in [0.3, 0.4) is 0 Å². The Labute approximate surface area is 73.7 Å². The molecule has 0 radical (unpaired) electrons. The summed E-state index contributed by atoms with van der Waals surface area (Å²) < 4.78 is 0. The third kappa shape index (κ3) is 0.882. The highest BCUT2D eigenvalue weighted by Gasteiger charge is 2.59. The third-order valence-corrected chi connectivity index (χ3v) is 4.30. The largest absolute Gasteiger partial charge is 0.352 e. The van der Waals surface area contributed by atoms with Crippen LogP contribution in [0.25, 0.3) is 0 Å². The van der Waals surface area contributed by atoms with Crippen LogP contribution in [0.5, 0.6) is 0 Å². The first-order valence-corrected chi connectivity index (χ1v) is 5.28. The van der Waals surface area contributed by atoms with Crippen molar-refractivity contribution in [1.29, 1.82) is 0 Å². The Hall–Kier alpha value is -0.0800. The van der Waals surface area contributed by atoms with Crippen molar-refractivity contribution in [2.45, 2.75) is 49.6 Å². The van der Waals surface area contributed by atoms with Crippen LogP contribution in [0.15, 0.2) is 0 Å². The van der Waals surface area contributed by atoms with Crippen LogP contribution in [-0.4, -0.2) is 11.1 Å². The average Bonchev–Trinajstić information content (AvgIpc) is 1.75. The molecule has 4 aliphatic rings. The molecule has 4 fully saturated rings. The average molecular weight is 168 g/mol. The number of hydrogen-bond acceptors (Lipinski definition) is 0. The summed E-state index contributed by atoms with van der Waals surface area (Å²) in [6.45, 7) is 0. The molecule has 6 N–H and O–H groups in total. The van der Waals surface area contributed by atoms with E-state index in [1.54, 1.807) is 0 Å². The molecule has 0 unspecified atom stereocenters. The molecule has 0 spiro atoms. The number of rotatable bonds is 0. The van der Waals surface area contributed by atoms with Gasteiger partial charge in [-0.25, -0.2) is 0 Å². The fourth-order valence-corrected chi connectivity index (χ4v) is 4.65. The lowest BCUT2D eigenvalue weighted by atomic mass is 9.50. The van der Waals surface area contributed by atoms with Crippen molar-refractivity contribution in [3.8, 4) is 0 Å². The van der Waals surface area contributed by atoms with E-state index in [1.807, 2.05) is 0 Å². The lowest BCUT2D eigenvalue weighted by Crippen LogP contribution is -2.88. The maximum absolute atomic E-state index is 4.44. The van der Waals surface area contributed by atoms with Crippen LogP contribution in [-0.2, 0) is 0 Å².